The second kappa shape index (κ2) is 7.49. The molecule has 0 aromatic heterocycles. The highest BCUT2D eigenvalue weighted by Gasteiger charge is 2.19. The van der Waals surface area contributed by atoms with E-state index in [1.807, 2.05) is 30.3 Å². The van der Waals surface area contributed by atoms with E-state index < -0.39 is 9.84 Å². The fourth-order valence-electron chi connectivity index (χ4n) is 1.95. The third-order valence-electron chi connectivity index (χ3n) is 3.06. The molecular weight excluding hydrogens is 330 g/mol. The van der Waals surface area contributed by atoms with Crippen molar-refractivity contribution in [3.8, 4) is 0 Å². The molecule has 3 nitrogen and oxygen atoms in total. The van der Waals surface area contributed by atoms with Crippen LogP contribution in [0.25, 0.3) is 6.08 Å². The van der Waals surface area contributed by atoms with E-state index in [0.717, 1.165) is 5.56 Å². The highest BCUT2D eigenvalue weighted by Crippen LogP contribution is 2.23. The first-order valence-electron chi connectivity index (χ1n) is 7.01. The van der Waals surface area contributed by atoms with Crippen molar-refractivity contribution in [3.63, 3.8) is 0 Å². The lowest BCUT2D eigenvalue weighted by Gasteiger charge is -2.10. The lowest BCUT2D eigenvalue weighted by Crippen LogP contribution is -2.09. The van der Waals surface area contributed by atoms with Gasteiger partial charge in [0.25, 0.3) is 0 Å². The molecule has 0 aliphatic carbocycles. The molecule has 0 spiro atoms. The van der Waals surface area contributed by atoms with Crippen molar-refractivity contribution in [3.05, 3.63) is 82.4 Å². The van der Waals surface area contributed by atoms with Crippen molar-refractivity contribution in [2.75, 3.05) is 14.1 Å². The molecule has 23 heavy (non-hydrogen) atoms. The molecule has 0 amide bonds. The normalized spacial score (nSPS) is 12.6. The quantitative estimate of drug-likeness (QED) is 0.759. The van der Waals surface area contributed by atoms with Crippen LogP contribution in [0.4, 0.5) is 0 Å². The lowest BCUT2D eigenvalue weighted by atomic mass is 10.2. The summed E-state index contributed by atoms with van der Waals surface area (Å²) in [5, 5.41) is 0.502. The van der Waals surface area contributed by atoms with E-state index >= 15 is 0 Å². The number of nitrogens with zero attached hydrogens (tertiary/aromatic N) is 1. The number of allylic oxidation sites excluding steroid dienone is 1. The maximum absolute atomic E-state index is 12.8. The zero-order chi connectivity index (χ0) is 16.9. The SMILES string of the molecule is CN(C)/C=C(/C=C/c1ccccc1)S(=O)(=O)c1ccc(Cl)cc1. The van der Waals surface area contributed by atoms with Gasteiger partial charge in [-0.15, -0.1) is 0 Å². The van der Waals surface area contributed by atoms with Gasteiger partial charge in [0.15, 0.2) is 0 Å². The van der Waals surface area contributed by atoms with E-state index in [-0.39, 0.29) is 9.80 Å². The second-order valence-corrected chi connectivity index (χ2v) is 7.58. The average Bonchev–Trinajstić information content (AvgIpc) is 2.52. The van der Waals surface area contributed by atoms with Crippen LogP contribution in [0.15, 0.2) is 76.7 Å². The van der Waals surface area contributed by atoms with Gasteiger partial charge in [0.05, 0.1) is 9.80 Å². The van der Waals surface area contributed by atoms with E-state index in [0.29, 0.717) is 5.02 Å². The Labute approximate surface area is 142 Å². The highest BCUT2D eigenvalue weighted by molar-refractivity contribution is 7.95. The summed E-state index contributed by atoms with van der Waals surface area (Å²) in [4.78, 5) is 2.14. The van der Waals surface area contributed by atoms with Crippen molar-refractivity contribution in [2.24, 2.45) is 0 Å². The number of halogens is 1. The van der Waals surface area contributed by atoms with Crippen LogP contribution in [-0.2, 0) is 9.84 Å². The summed E-state index contributed by atoms with van der Waals surface area (Å²) < 4.78 is 25.6. The Balaban J connectivity index is 2.42. The molecule has 0 unspecified atom stereocenters. The predicted octanol–water partition coefficient (Wildman–Crippen LogP) is 4.23. The molecule has 0 bridgehead atoms. The smallest absolute Gasteiger partial charge is 0.208 e. The van der Waals surface area contributed by atoms with Crippen LogP contribution in [0.1, 0.15) is 5.56 Å². The summed E-state index contributed by atoms with van der Waals surface area (Å²) in [5.41, 5.74) is 0.934. The van der Waals surface area contributed by atoms with Gasteiger partial charge in [0.2, 0.25) is 9.84 Å². The number of hydrogen-bond donors (Lipinski definition) is 0. The summed E-state index contributed by atoms with van der Waals surface area (Å²) >= 11 is 5.84. The molecule has 2 aromatic rings. The Hall–Kier alpha value is -2.04. The van der Waals surface area contributed by atoms with Gasteiger partial charge in [-0.2, -0.15) is 0 Å². The molecule has 0 saturated carbocycles. The van der Waals surface area contributed by atoms with Gasteiger partial charge in [-0.1, -0.05) is 48.0 Å². The average molecular weight is 348 g/mol. The molecule has 0 aliphatic heterocycles. The lowest BCUT2D eigenvalue weighted by molar-refractivity contribution is 0.559. The first-order valence-corrected chi connectivity index (χ1v) is 8.88. The largest absolute Gasteiger partial charge is 0.382 e. The molecule has 120 valence electrons. The standard InChI is InChI=1S/C18H18ClNO2S/c1-20(2)14-18(11-8-15-6-4-3-5-7-15)23(21,22)17-12-9-16(19)10-13-17/h3-14H,1-2H3/b11-8+,18-14-. The van der Waals surface area contributed by atoms with E-state index in [2.05, 4.69) is 0 Å². The van der Waals surface area contributed by atoms with Crippen molar-refractivity contribution in [2.45, 2.75) is 4.90 Å². The number of rotatable bonds is 5. The summed E-state index contributed by atoms with van der Waals surface area (Å²) in [7, 11) is -0.0381. The first-order chi connectivity index (χ1) is 10.9. The minimum atomic E-state index is -3.61. The number of benzene rings is 2. The monoisotopic (exact) mass is 347 g/mol. The van der Waals surface area contributed by atoms with Gasteiger partial charge in [0, 0.05) is 25.3 Å². The molecule has 0 N–H and O–H groups in total. The minimum Gasteiger partial charge on any atom is -0.382 e. The highest BCUT2D eigenvalue weighted by atomic mass is 35.5. The van der Waals surface area contributed by atoms with Crippen LogP contribution in [0.5, 0.6) is 0 Å². The first kappa shape index (κ1) is 17.3. The minimum absolute atomic E-state index is 0.215. The van der Waals surface area contributed by atoms with E-state index in [9.17, 15) is 8.42 Å². The van der Waals surface area contributed by atoms with E-state index in [1.54, 1.807) is 49.5 Å². The van der Waals surface area contributed by atoms with Crippen LogP contribution in [-0.4, -0.2) is 27.4 Å². The van der Waals surface area contributed by atoms with Crippen LogP contribution >= 0.6 is 11.6 Å². The zero-order valence-corrected chi connectivity index (χ0v) is 14.6. The van der Waals surface area contributed by atoms with Crippen LogP contribution in [0, 0.1) is 0 Å². The molecule has 0 aliphatic rings. The Bertz CT molecular complexity index is 808. The number of sulfone groups is 1. The van der Waals surface area contributed by atoms with E-state index in [1.165, 1.54) is 12.1 Å². The van der Waals surface area contributed by atoms with Gasteiger partial charge in [0.1, 0.15) is 0 Å². The summed E-state index contributed by atoms with van der Waals surface area (Å²) in [6.07, 6.45) is 4.98. The molecule has 2 rings (SSSR count). The maximum Gasteiger partial charge on any atom is 0.208 e. The van der Waals surface area contributed by atoms with Gasteiger partial charge in [-0.05, 0) is 35.9 Å². The maximum atomic E-state index is 12.8. The fraction of sp³-hybridized carbons (Fsp3) is 0.111. The molecule has 0 atom stereocenters. The van der Waals surface area contributed by atoms with Gasteiger partial charge in [-0.3, -0.25) is 0 Å². The van der Waals surface area contributed by atoms with E-state index in [4.69, 9.17) is 11.6 Å². The van der Waals surface area contributed by atoms with Crippen molar-refractivity contribution in [1.82, 2.24) is 4.90 Å². The molecule has 0 fully saturated rings. The van der Waals surface area contributed by atoms with Crippen LogP contribution in [0.2, 0.25) is 5.02 Å². The number of hydrogen-bond acceptors (Lipinski definition) is 3. The molecule has 5 heteroatoms. The van der Waals surface area contributed by atoms with Gasteiger partial charge >= 0.3 is 0 Å². The summed E-state index contributed by atoms with van der Waals surface area (Å²) in [6.45, 7) is 0. The molecule has 0 heterocycles. The Kier molecular flexibility index (Phi) is 5.64. The Morgan fingerprint density at radius 1 is 1.00 bits per heavy atom. The van der Waals surface area contributed by atoms with Gasteiger partial charge < -0.3 is 4.90 Å². The zero-order valence-electron chi connectivity index (χ0n) is 13.0. The Morgan fingerprint density at radius 2 is 1.61 bits per heavy atom. The van der Waals surface area contributed by atoms with Crippen molar-refractivity contribution in [1.29, 1.82) is 0 Å². The Morgan fingerprint density at radius 3 is 2.17 bits per heavy atom. The van der Waals surface area contributed by atoms with Gasteiger partial charge in [-0.25, -0.2) is 8.42 Å². The molecule has 0 radical (unpaired) electrons. The summed E-state index contributed by atoms with van der Waals surface area (Å²) in [6, 6.07) is 15.7. The van der Waals surface area contributed by atoms with Crippen LogP contribution < -0.4 is 0 Å². The van der Waals surface area contributed by atoms with Crippen molar-refractivity contribution < 1.29 is 8.42 Å². The summed E-state index contributed by atoms with van der Waals surface area (Å²) in [5.74, 6) is 0. The molecule has 0 saturated heterocycles. The molecular formula is C18H18ClNO2S. The predicted molar refractivity (Wildman–Crippen MR) is 95.9 cm³/mol. The molecule has 2 aromatic carbocycles. The third-order valence-corrected chi connectivity index (χ3v) is 5.07. The second-order valence-electron chi connectivity index (χ2n) is 5.20. The topological polar surface area (TPSA) is 37.4 Å². The fourth-order valence-corrected chi connectivity index (χ4v) is 3.44. The third kappa shape index (κ3) is 4.71. The van der Waals surface area contributed by atoms with Crippen molar-refractivity contribution >= 4 is 27.5 Å². The van der Waals surface area contributed by atoms with Crippen LogP contribution in [0.3, 0.4) is 0 Å².